The van der Waals surface area contributed by atoms with Crippen molar-refractivity contribution in [2.75, 3.05) is 0 Å². The fourth-order valence-electron chi connectivity index (χ4n) is 2.67. The van der Waals surface area contributed by atoms with Crippen LogP contribution in [0, 0.1) is 6.92 Å². The zero-order valence-corrected chi connectivity index (χ0v) is 14.3. The number of pyridine rings is 1. The highest BCUT2D eigenvalue weighted by molar-refractivity contribution is 7.89. The summed E-state index contributed by atoms with van der Waals surface area (Å²) in [5, 5.41) is 10.3. The molecule has 2 aromatic rings. The molecule has 0 radical (unpaired) electrons. The summed E-state index contributed by atoms with van der Waals surface area (Å²) < 4.78 is 62.2. The minimum atomic E-state index is -4.58. The molecule has 2 heterocycles. The van der Waals surface area contributed by atoms with Gasteiger partial charge in [0.15, 0.2) is 5.66 Å². The third-order valence-corrected chi connectivity index (χ3v) is 4.95. The van der Waals surface area contributed by atoms with Crippen molar-refractivity contribution in [1.82, 2.24) is 15.6 Å². The highest BCUT2D eigenvalue weighted by atomic mass is 32.2. The predicted molar refractivity (Wildman–Crippen MR) is 88.0 cm³/mol. The normalized spacial score (nSPS) is 20.3. The summed E-state index contributed by atoms with van der Waals surface area (Å²) in [6, 6.07) is 8.58. The van der Waals surface area contributed by atoms with Gasteiger partial charge >= 0.3 is 6.18 Å². The Balaban J connectivity index is 2.10. The Morgan fingerprint density at radius 1 is 1.08 bits per heavy atom. The van der Waals surface area contributed by atoms with Crippen molar-refractivity contribution in [3.8, 4) is 0 Å². The van der Waals surface area contributed by atoms with E-state index in [9.17, 15) is 21.6 Å². The van der Waals surface area contributed by atoms with E-state index in [1.807, 2.05) is 0 Å². The number of halogens is 3. The number of allylic oxidation sites excluding steroid dienone is 1. The molecule has 0 fully saturated rings. The lowest BCUT2D eigenvalue weighted by Crippen LogP contribution is -2.49. The fraction of sp³-hybridized carbons (Fsp3) is 0.188. The number of aryl methyl sites for hydroxylation is 1. The van der Waals surface area contributed by atoms with Crippen LogP contribution in [-0.2, 0) is 15.7 Å². The molecule has 1 aromatic heterocycles. The van der Waals surface area contributed by atoms with Crippen molar-refractivity contribution in [2.45, 2.75) is 23.7 Å². The van der Waals surface area contributed by atoms with Gasteiger partial charge in [0.1, 0.15) is 5.70 Å². The molecule has 0 spiro atoms. The number of nitrogens with one attached hydrogen (secondary N) is 2. The average molecular weight is 384 g/mol. The Morgan fingerprint density at radius 2 is 1.69 bits per heavy atom. The SMILES string of the molecule is Cc1ccc(C2(c3ccc(S(N)(=O)=O)cc3)NC=C(C(F)(F)F)N2)cn1. The summed E-state index contributed by atoms with van der Waals surface area (Å²) in [5.74, 6) is 0. The van der Waals surface area contributed by atoms with Crippen LogP contribution in [-0.4, -0.2) is 19.6 Å². The molecule has 0 saturated carbocycles. The first-order valence-corrected chi connectivity index (χ1v) is 8.97. The first-order valence-electron chi connectivity index (χ1n) is 7.42. The number of sulfonamides is 1. The van der Waals surface area contributed by atoms with Crippen molar-refractivity contribution < 1.29 is 21.6 Å². The van der Waals surface area contributed by atoms with Crippen LogP contribution in [0.4, 0.5) is 13.2 Å². The Labute approximate surface area is 148 Å². The van der Waals surface area contributed by atoms with Gasteiger partial charge in [-0.3, -0.25) is 4.98 Å². The smallest absolute Gasteiger partial charge is 0.360 e. The first kappa shape index (κ1) is 18.2. The summed E-state index contributed by atoms with van der Waals surface area (Å²) in [6.45, 7) is 1.76. The van der Waals surface area contributed by atoms with E-state index in [-0.39, 0.29) is 4.90 Å². The molecule has 0 saturated heterocycles. The second kappa shape index (κ2) is 5.99. The number of hydrogen-bond donors (Lipinski definition) is 3. The van der Waals surface area contributed by atoms with Gasteiger partial charge in [-0.15, -0.1) is 0 Å². The Morgan fingerprint density at radius 3 is 2.15 bits per heavy atom. The molecule has 3 rings (SSSR count). The number of nitrogens with two attached hydrogens (primary N) is 1. The van der Waals surface area contributed by atoms with Crippen LogP contribution < -0.4 is 15.8 Å². The molecule has 0 aliphatic carbocycles. The lowest BCUT2D eigenvalue weighted by molar-refractivity contribution is -0.0972. The van der Waals surface area contributed by atoms with Crippen molar-refractivity contribution in [3.05, 3.63) is 71.3 Å². The van der Waals surface area contributed by atoms with E-state index in [1.165, 1.54) is 30.5 Å². The highest BCUT2D eigenvalue weighted by Gasteiger charge is 2.46. The molecule has 1 aliphatic heterocycles. The third kappa shape index (κ3) is 3.25. The average Bonchev–Trinajstić information content (AvgIpc) is 3.02. The largest absolute Gasteiger partial charge is 0.432 e. The summed E-state index contributed by atoms with van der Waals surface area (Å²) in [7, 11) is -3.91. The number of alkyl halides is 3. The van der Waals surface area contributed by atoms with Gasteiger partial charge < -0.3 is 10.6 Å². The zero-order valence-electron chi connectivity index (χ0n) is 13.5. The first-order chi connectivity index (χ1) is 12.0. The van der Waals surface area contributed by atoms with Gasteiger partial charge in [-0.2, -0.15) is 13.2 Å². The number of rotatable bonds is 3. The molecule has 1 aliphatic rings. The van der Waals surface area contributed by atoms with Crippen LogP contribution in [0.5, 0.6) is 0 Å². The van der Waals surface area contributed by atoms with Crippen LogP contribution >= 0.6 is 0 Å². The van der Waals surface area contributed by atoms with E-state index in [4.69, 9.17) is 5.14 Å². The van der Waals surface area contributed by atoms with Crippen molar-refractivity contribution in [1.29, 1.82) is 0 Å². The van der Waals surface area contributed by atoms with Gasteiger partial charge in [0.2, 0.25) is 10.0 Å². The number of nitrogens with zero attached hydrogens (tertiary/aromatic N) is 1. The molecule has 1 atom stereocenters. The molecule has 10 heteroatoms. The lowest BCUT2D eigenvalue weighted by Gasteiger charge is -2.33. The predicted octanol–water partition coefficient (Wildman–Crippen LogP) is 1.84. The topological polar surface area (TPSA) is 97.1 Å². The molecule has 0 amide bonds. The van der Waals surface area contributed by atoms with E-state index in [1.54, 1.807) is 19.1 Å². The van der Waals surface area contributed by atoms with E-state index in [2.05, 4.69) is 15.6 Å². The second-order valence-electron chi connectivity index (χ2n) is 5.83. The van der Waals surface area contributed by atoms with Gasteiger partial charge in [-0.25, -0.2) is 13.6 Å². The van der Waals surface area contributed by atoms with Crippen molar-refractivity contribution in [2.24, 2.45) is 5.14 Å². The maximum atomic E-state index is 13.1. The second-order valence-corrected chi connectivity index (χ2v) is 7.39. The lowest BCUT2D eigenvalue weighted by atomic mass is 9.92. The fourth-order valence-corrected chi connectivity index (χ4v) is 3.18. The molecule has 1 aromatic carbocycles. The number of benzene rings is 1. The van der Waals surface area contributed by atoms with Crippen LogP contribution in [0.1, 0.15) is 16.8 Å². The maximum Gasteiger partial charge on any atom is 0.432 e. The molecule has 1 unspecified atom stereocenters. The standard InChI is InChI=1S/C16H15F3N4O2S/c1-10-2-3-12(8-21-10)15(22-9-14(23-15)16(17,18)19)11-4-6-13(7-5-11)26(20,24)25/h2-9,22-23H,1H3,(H2,20,24,25). The summed E-state index contributed by atoms with van der Waals surface area (Å²) >= 11 is 0. The van der Waals surface area contributed by atoms with Gasteiger partial charge in [0.05, 0.1) is 4.90 Å². The summed E-state index contributed by atoms with van der Waals surface area (Å²) in [4.78, 5) is 4.00. The maximum absolute atomic E-state index is 13.1. The Kier molecular flexibility index (Phi) is 4.20. The molecule has 0 bridgehead atoms. The zero-order chi connectivity index (χ0) is 19.2. The minimum absolute atomic E-state index is 0.138. The molecular formula is C16H15F3N4O2S. The van der Waals surface area contributed by atoms with Crippen LogP contribution in [0.3, 0.4) is 0 Å². The van der Waals surface area contributed by atoms with Gasteiger partial charge in [0.25, 0.3) is 0 Å². The van der Waals surface area contributed by atoms with Crippen molar-refractivity contribution in [3.63, 3.8) is 0 Å². The molecule has 4 N–H and O–H groups in total. The van der Waals surface area contributed by atoms with Gasteiger partial charge in [-0.05, 0) is 25.1 Å². The van der Waals surface area contributed by atoms with E-state index in [0.717, 1.165) is 6.20 Å². The van der Waals surface area contributed by atoms with E-state index in [0.29, 0.717) is 16.8 Å². The molecule has 26 heavy (non-hydrogen) atoms. The monoisotopic (exact) mass is 384 g/mol. The quantitative estimate of drug-likeness (QED) is 0.750. The molecule has 6 nitrogen and oxygen atoms in total. The van der Waals surface area contributed by atoms with Crippen LogP contribution in [0.15, 0.2) is 59.4 Å². The molecule has 138 valence electrons. The Bertz CT molecular complexity index is 954. The van der Waals surface area contributed by atoms with E-state index < -0.39 is 27.6 Å². The van der Waals surface area contributed by atoms with Crippen LogP contribution in [0.25, 0.3) is 0 Å². The highest BCUT2D eigenvalue weighted by Crippen LogP contribution is 2.36. The number of aromatic nitrogens is 1. The van der Waals surface area contributed by atoms with Gasteiger partial charge in [0, 0.05) is 29.2 Å². The number of hydrogen-bond acceptors (Lipinski definition) is 5. The summed E-state index contributed by atoms with van der Waals surface area (Å²) in [5.41, 5.74) is -0.889. The Hall–Kier alpha value is -2.59. The summed E-state index contributed by atoms with van der Waals surface area (Å²) in [6.07, 6.45) is -2.28. The van der Waals surface area contributed by atoms with Crippen LogP contribution in [0.2, 0.25) is 0 Å². The minimum Gasteiger partial charge on any atom is -0.360 e. The van der Waals surface area contributed by atoms with E-state index >= 15 is 0 Å². The molecular weight excluding hydrogens is 369 g/mol. The van der Waals surface area contributed by atoms with Crippen molar-refractivity contribution >= 4 is 10.0 Å². The third-order valence-electron chi connectivity index (χ3n) is 4.02. The van der Waals surface area contributed by atoms with Gasteiger partial charge in [-0.1, -0.05) is 18.2 Å². The number of primary sulfonamides is 1.